The van der Waals surface area contributed by atoms with Crippen molar-refractivity contribution in [1.29, 1.82) is 0 Å². The standard InChI is InChI=1S/C22H16ClNO2S2/c23-21-19-13-7-8-14-20(19)27-22(21)24(16-15-17-9-3-1-4-10-17)28(25,26)18-11-5-2-6-12-18/h1-16H. The van der Waals surface area contributed by atoms with E-state index in [1.54, 1.807) is 42.6 Å². The van der Waals surface area contributed by atoms with Crippen molar-refractivity contribution in [3.05, 3.63) is 102 Å². The Kier molecular flexibility index (Phi) is 5.22. The maximum Gasteiger partial charge on any atom is 0.268 e. The molecule has 28 heavy (non-hydrogen) atoms. The van der Waals surface area contributed by atoms with Gasteiger partial charge in [-0.15, -0.1) is 11.3 Å². The lowest BCUT2D eigenvalue weighted by atomic mass is 10.2. The number of anilines is 1. The van der Waals surface area contributed by atoms with Crippen molar-refractivity contribution < 1.29 is 8.42 Å². The van der Waals surface area contributed by atoms with Gasteiger partial charge in [-0.2, -0.15) is 0 Å². The maximum atomic E-state index is 13.4. The number of hydrogen-bond acceptors (Lipinski definition) is 3. The van der Waals surface area contributed by atoms with Crippen LogP contribution in [0.5, 0.6) is 0 Å². The molecule has 6 heteroatoms. The maximum absolute atomic E-state index is 13.4. The highest BCUT2D eigenvalue weighted by Gasteiger charge is 2.27. The monoisotopic (exact) mass is 425 g/mol. The van der Waals surface area contributed by atoms with Gasteiger partial charge in [0.25, 0.3) is 10.0 Å². The second-order valence-corrected chi connectivity index (χ2v) is 9.28. The largest absolute Gasteiger partial charge is 0.268 e. The van der Waals surface area contributed by atoms with Gasteiger partial charge in [-0.3, -0.25) is 0 Å². The van der Waals surface area contributed by atoms with Gasteiger partial charge in [-0.25, -0.2) is 12.7 Å². The van der Waals surface area contributed by atoms with E-state index in [-0.39, 0.29) is 4.90 Å². The SMILES string of the molecule is O=S(=O)(c1ccccc1)N(C=Cc1ccccc1)c1sc2ccccc2c1Cl. The van der Waals surface area contributed by atoms with Gasteiger partial charge in [0, 0.05) is 16.3 Å². The number of nitrogens with zero attached hydrogens (tertiary/aromatic N) is 1. The Morgan fingerprint density at radius 1 is 0.821 bits per heavy atom. The Hall–Kier alpha value is -2.60. The highest BCUT2D eigenvalue weighted by molar-refractivity contribution is 7.93. The molecule has 0 aliphatic heterocycles. The molecule has 0 spiro atoms. The molecule has 1 heterocycles. The number of fused-ring (bicyclic) bond motifs is 1. The van der Waals surface area contributed by atoms with Crippen LogP contribution in [0, 0.1) is 0 Å². The van der Waals surface area contributed by atoms with E-state index in [9.17, 15) is 8.42 Å². The zero-order valence-electron chi connectivity index (χ0n) is 14.7. The molecule has 0 aliphatic rings. The quantitative estimate of drug-likeness (QED) is 0.370. The van der Waals surface area contributed by atoms with Gasteiger partial charge in [0.1, 0.15) is 5.00 Å². The Bertz CT molecular complexity index is 1230. The predicted octanol–water partition coefficient (Wildman–Crippen LogP) is 6.42. The van der Waals surface area contributed by atoms with Gasteiger partial charge in [0.2, 0.25) is 0 Å². The topological polar surface area (TPSA) is 37.4 Å². The number of thiophene rings is 1. The fourth-order valence-electron chi connectivity index (χ4n) is 2.82. The van der Waals surface area contributed by atoms with Gasteiger partial charge in [-0.1, -0.05) is 78.3 Å². The Morgan fingerprint density at radius 3 is 2.11 bits per heavy atom. The third-order valence-electron chi connectivity index (χ3n) is 4.22. The first-order valence-corrected chi connectivity index (χ1v) is 11.2. The molecule has 0 saturated heterocycles. The van der Waals surface area contributed by atoms with E-state index in [2.05, 4.69) is 0 Å². The Balaban J connectivity index is 1.88. The average molecular weight is 426 g/mol. The third-order valence-corrected chi connectivity index (χ3v) is 7.69. The summed E-state index contributed by atoms with van der Waals surface area (Å²) < 4.78 is 29.0. The number of benzene rings is 3. The predicted molar refractivity (Wildman–Crippen MR) is 118 cm³/mol. The first-order chi connectivity index (χ1) is 13.6. The summed E-state index contributed by atoms with van der Waals surface area (Å²) in [6.45, 7) is 0. The molecular weight excluding hydrogens is 410 g/mol. The molecule has 4 aromatic rings. The Labute approximate surface area is 173 Å². The van der Waals surface area contributed by atoms with Gasteiger partial charge < -0.3 is 0 Å². The summed E-state index contributed by atoms with van der Waals surface area (Å²) in [5, 5.41) is 1.74. The summed E-state index contributed by atoms with van der Waals surface area (Å²) in [4.78, 5) is 0.209. The molecule has 0 radical (unpaired) electrons. The van der Waals surface area contributed by atoms with E-state index in [1.165, 1.54) is 15.6 Å². The molecular formula is C22H16ClNO2S2. The molecule has 0 atom stereocenters. The van der Waals surface area contributed by atoms with Crippen molar-refractivity contribution >= 4 is 54.1 Å². The molecule has 140 valence electrons. The van der Waals surface area contributed by atoms with Crippen LogP contribution in [0.25, 0.3) is 16.2 Å². The minimum absolute atomic E-state index is 0.209. The van der Waals surface area contributed by atoms with Crippen molar-refractivity contribution in [2.45, 2.75) is 4.90 Å². The average Bonchev–Trinajstić information content (AvgIpc) is 3.06. The number of sulfonamides is 1. The van der Waals surface area contributed by atoms with Crippen LogP contribution in [0.4, 0.5) is 5.00 Å². The molecule has 0 saturated carbocycles. The summed E-state index contributed by atoms with van der Waals surface area (Å²) >= 11 is 7.95. The minimum atomic E-state index is -3.82. The molecule has 0 N–H and O–H groups in total. The fraction of sp³-hybridized carbons (Fsp3) is 0. The molecule has 0 aliphatic carbocycles. The second-order valence-electron chi connectivity index (χ2n) is 6.06. The molecule has 3 aromatic carbocycles. The summed E-state index contributed by atoms with van der Waals surface area (Å²) in [6.07, 6.45) is 3.33. The van der Waals surface area contributed by atoms with Crippen LogP contribution in [-0.4, -0.2) is 8.42 Å². The van der Waals surface area contributed by atoms with Crippen molar-refractivity contribution in [2.75, 3.05) is 4.31 Å². The van der Waals surface area contributed by atoms with E-state index >= 15 is 0 Å². The van der Waals surface area contributed by atoms with Crippen molar-refractivity contribution in [3.63, 3.8) is 0 Å². The van der Waals surface area contributed by atoms with Crippen LogP contribution in [0.3, 0.4) is 0 Å². The molecule has 1 aromatic heterocycles. The zero-order chi connectivity index (χ0) is 19.6. The molecule has 3 nitrogen and oxygen atoms in total. The smallest absolute Gasteiger partial charge is 0.231 e. The van der Waals surface area contributed by atoms with Crippen molar-refractivity contribution in [2.24, 2.45) is 0 Å². The van der Waals surface area contributed by atoms with Gasteiger partial charge in [0.05, 0.1) is 9.92 Å². The summed E-state index contributed by atoms with van der Waals surface area (Å²) in [5.41, 5.74) is 0.896. The van der Waals surface area contributed by atoms with E-state index in [1.807, 2.05) is 54.6 Å². The van der Waals surface area contributed by atoms with E-state index in [4.69, 9.17) is 11.6 Å². The van der Waals surface area contributed by atoms with Crippen molar-refractivity contribution in [1.82, 2.24) is 0 Å². The number of rotatable bonds is 5. The lowest BCUT2D eigenvalue weighted by Gasteiger charge is -2.19. The molecule has 0 amide bonds. The first kappa shape index (κ1) is 18.7. The highest BCUT2D eigenvalue weighted by Crippen LogP contribution is 2.43. The van der Waals surface area contributed by atoms with Crippen molar-refractivity contribution in [3.8, 4) is 0 Å². The lowest BCUT2D eigenvalue weighted by molar-refractivity contribution is 0.596. The Morgan fingerprint density at radius 2 is 1.43 bits per heavy atom. The minimum Gasteiger partial charge on any atom is -0.231 e. The lowest BCUT2D eigenvalue weighted by Crippen LogP contribution is -2.25. The van der Waals surface area contributed by atoms with Gasteiger partial charge >= 0.3 is 0 Å². The molecule has 0 unspecified atom stereocenters. The second kappa shape index (κ2) is 7.80. The summed E-state index contributed by atoms with van der Waals surface area (Å²) in [6, 6.07) is 25.5. The van der Waals surface area contributed by atoms with E-state index < -0.39 is 10.0 Å². The zero-order valence-corrected chi connectivity index (χ0v) is 17.1. The van der Waals surface area contributed by atoms with Crippen LogP contribution in [0.2, 0.25) is 5.02 Å². The third kappa shape index (κ3) is 3.56. The van der Waals surface area contributed by atoms with E-state index in [0.29, 0.717) is 10.0 Å². The number of halogens is 1. The fourth-order valence-corrected chi connectivity index (χ4v) is 5.95. The van der Waals surface area contributed by atoms with Crippen LogP contribution in [-0.2, 0) is 10.0 Å². The number of hydrogen-bond donors (Lipinski definition) is 0. The van der Waals surface area contributed by atoms with Crippen LogP contribution in [0.1, 0.15) is 5.56 Å². The first-order valence-electron chi connectivity index (χ1n) is 8.57. The molecule has 0 bridgehead atoms. The summed E-state index contributed by atoms with van der Waals surface area (Å²) in [5.74, 6) is 0. The normalized spacial score (nSPS) is 11.9. The molecule has 0 fully saturated rings. The van der Waals surface area contributed by atoms with Crippen LogP contribution < -0.4 is 4.31 Å². The summed E-state index contributed by atoms with van der Waals surface area (Å²) in [7, 11) is -3.82. The highest BCUT2D eigenvalue weighted by atomic mass is 35.5. The molecule has 4 rings (SSSR count). The van der Waals surface area contributed by atoms with Crippen LogP contribution >= 0.6 is 22.9 Å². The van der Waals surface area contributed by atoms with E-state index in [0.717, 1.165) is 15.6 Å². The van der Waals surface area contributed by atoms with Gasteiger partial charge in [0.15, 0.2) is 0 Å². The van der Waals surface area contributed by atoms with Gasteiger partial charge in [-0.05, 0) is 29.8 Å². The van der Waals surface area contributed by atoms with Crippen LogP contribution in [0.15, 0.2) is 96.0 Å².